The molecule has 2 aromatic rings. The van der Waals surface area contributed by atoms with E-state index < -0.39 is 0 Å². The molecule has 0 bridgehead atoms. The Balaban J connectivity index is 2.36. The van der Waals surface area contributed by atoms with Gasteiger partial charge in [-0.1, -0.05) is 18.2 Å². The van der Waals surface area contributed by atoms with Gasteiger partial charge in [0.05, 0.1) is 12.3 Å². The lowest BCUT2D eigenvalue weighted by Crippen LogP contribution is -2.28. The van der Waals surface area contributed by atoms with Gasteiger partial charge in [-0.05, 0) is 33.2 Å². The second kappa shape index (κ2) is 7.61. The molecule has 0 saturated carbocycles. The number of ether oxygens (including phenoxy) is 1. The number of para-hydroxylation sites is 1. The van der Waals surface area contributed by atoms with Crippen LogP contribution in [0.5, 0.6) is 5.88 Å². The first kappa shape index (κ1) is 16.0. The highest BCUT2D eigenvalue weighted by molar-refractivity contribution is 5.46. The topological polar surface area (TPSA) is 59.4 Å². The number of nitrogens with one attached hydrogen (secondary N) is 1. The van der Waals surface area contributed by atoms with E-state index in [1.807, 2.05) is 56.3 Å². The van der Waals surface area contributed by atoms with Crippen molar-refractivity contribution in [3.63, 3.8) is 0 Å². The summed E-state index contributed by atoms with van der Waals surface area (Å²) >= 11 is 0. The number of benzene rings is 1. The van der Waals surface area contributed by atoms with Gasteiger partial charge in [-0.15, -0.1) is 5.10 Å². The quantitative estimate of drug-likeness (QED) is 0.842. The van der Waals surface area contributed by atoms with Crippen LogP contribution in [-0.4, -0.2) is 48.5 Å². The third-order valence-electron chi connectivity index (χ3n) is 3.06. The second-order valence-electron chi connectivity index (χ2n) is 5.11. The smallest absolute Gasteiger partial charge is 0.295 e. The SMILES string of the molecule is CCOc1cc(NCCN(C)C)c(=O)n(-c2ccccc2)n1. The summed E-state index contributed by atoms with van der Waals surface area (Å²) in [4.78, 5) is 14.6. The Morgan fingerprint density at radius 1 is 1.27 bits per heavy atom. The maximum atomic E-state index is 12.6. The molecule has 0 aliphatic carbocycles. The summed E-state index contributed by atoms with van der Waals surface area (Å²) in [6, 6.07) is 11.0. The second-order valence-corrected chi connectivity index (χ2v) is 5.11. The van der Waals surface area contributed by atoms with Crippen molar-refractivity contribution in [2.75, 3.05) is 39.1 Å². The lowest BCUT2D eigenvalue weighted by Gasteiger charge is -2.14. The number of aromatic nitrogens is 2. The van der Waals surface area contributed by atoms with Gasteiger partial charge in [0.1, 0.15) is 5.69 Å². The summed E-state index contributed by atoms with van der Waals surface area (Å²) in [6.07, 6.45) is 0. The summed E-state index contributed by atoms with van der Waals surface area (Å²) in [5.74, 6) is 0.429. The minimum atomic E-state index is -0.187. The van der Waals surface area contributed by atoms with E-state index in [4.69, 9.17) is 4.74 Å². The Morgan fingerprint density at radius 2 is 2.00 bits per heavy atom. The van der Waals surface area contributed by atoms with Crippen LogP contribution >= 0.6 is 0 Å². The van der Waals surface area contributed by atoms with Crippen molar-refractivity contribution in [1.82, 2.24) is 14.7 Å². The van der Waals surface area contributed by atoms with Crippen LogP contribution in [0, 0.1) is 0 Å². The predicted molar refractivity (Wildman–Crippen MR) is 88.0 cm³/mol. The molecule has 0 spiro atoms. The van der Waals surface area contributed by atoms with E-state index in [0.29, 0.717) is 30.4 Å². The van der Waals surface area contributed by atoms with E-state index in [2.05, 4.69) is 10.4 Å². The van der Waals surface area contributed by atoms with E-state index >= 15 is 0 Å². The van der Waals surface area contributed by atoms with Crippen LogP contribution < -0.4 is 15.6 Å². The van der Waals surface area contributed by atoms with Crippen molar-refractivity contribution < 1.29 is 4.74 Å². The van der Waals surface area contributed by atoms with Gasteiger partial charge >= 0.3 is 0 Å². The summed E-state index contributed by atoms with van der Waals surface area (Å²) in [5, 5.41) is 7.43. The van der Waals surface area contributed by atoms with Crippen molar-refractivity contribution in [3.8, 4) is 11.6 Å². The minimum Gasteiger partial charge on any atom is -0.477 e. The summed E-state index contributed by atoms with van der Waals surface area (Å²) in [7, 11) is 3.98. The van der Waals surface area contributed by atoms with Crippen LogP contribution in [0.4, 0.5) is 5.69 Å². The molecule has 0 unspecified atom stereocenters. The van der Waals surface area contributed by atoms with Crippen LogP contribution in [0.25, 0.3) is 5.69 Å². The van der Waals surface area contributed by atoms with Crippen LogP contribution in [-0.2, 0) is 0 Å². The standard InChI is InChI=1S/C16H22N4O2/c1-4-22-15-12-14(17-10-11-19(2)3)16(21)20(18-15)13-8-6-5-7-9-13/h5-9,12,17H,4,10-11H2,1-3H3. The van der Waals surface area contributed by atoms with Crippen LogP contribution in [0.1, 0.15) is 6.92 Å². The summed E-state index contributed by atoms with van der Waals surface area (Å²) in [5.41, 5.74) is 1.02. The molecule has 1 aromatic heterocycles. The molecule has 6 nitrogen and oxygen atoms in total. The number of anilines is 1. The first-order chi connectivity index (χ1) is 10.6. The zero-order valence-corrected chi connectivity index (χ0v) is 13.2. The molecule has 0 aliphatic rings. The number of nitrogens with zero attached hydrogens (tertiary/aromatic N) is 3. The van der Waals surface area contributed by atoms with Crippen molar-refractivity contribution in [1.29, 1.82) is 0 Å². The van der Waals surface area contributed by atoms with E-state index in [1.165, 1.54) is 4.68 Å². The van der Waals surface area contributed by atoms with Gasteiger partial charge in [0.15, 0.2) is 0 Å². The first-order valence-corrected chi connectivity index (χ1v) is 7.33. The molecular weight excluding hydrogens is 280 g/mol. The summed E-state index contributed by atoms with van der Waals surface area (Å²) < 4.78 is 6.83. The van der Waals surface area contributed by atoms with E-state index in [-0.39, 0.29) is 5.56 Å². The maximum Gasteiger partial charge on any atom is 0.295 e. The zero-order chi connectivity index (χ0) is 15.9. The van der Waals surface area contributed by atoms with Gasteiger partial charge in [0.25, 0.3) is 5.56 Å². The number of hydrogen-bond donors (Lipinski definition) is 1. The molecule has 22 heavy (non-hydrogen) atoms. The van der Waals surface area contributed by atoms with Gasteiger partial charge < -0.3 is 15.0 Å². The Hall–Kier alpha value is -2.34. The molecule has 2 rings (SSSR count). The fourth-order valence-electron chi connectivity index (χ4n) is 1.98. The Kier molecular flexibility index (Phi) is 5.55. The van der Waals surface area contributed by atoms with E-state index in [0.717, 1.165) is 6.54 Å². The van der Waals surface area contributed by atoms with Crippen molar-refractivity contribution in [2.24, 2.45) is 0 Å². The third kappa shape index (κ3) is 4.08. The monoisotopic (exact) mass is 302 g/mol. The molecule has 1 N–H and O–H groups in total. The molecular formula is C16H22N4O2. The highest BCUT2D eigenvalue weighted by atomic mass is 16.5. The van der Waals surface area contributed by atoms with Crippen LogP contribution in [0.3, 0.4) is 0 Å². The summed E-state index contributed by atoms with van der Waals surface area (Å²) in [6.45, 7) is 3.89. The highest BCUT2D eigenvalue weighted by Crippen LogP contribution is 2.13. The van der Waals surface area contributed by atoms with Gasteiger partial charge in [-0.25, -0.2) is 0 Å². The van der Waals surface area contributed by atoms with Gasteiger partial charge in [0.2, 0.25) is 5.88 Å². The Morgan fingerprint density at radius 3 is 2.64 bits per heavy atom. The van der Waals surface area contributed by atoms with Crippen LogP contribution in [0.2, 0.25) is 0 Å². The predicted octanol–water partition coefficient (Wildman–Crippen LogP) is 1.60. The molecule has 0 fully saturated rings. The fourth-order valence-corrected chi connectivity index (χ4v) is 1.98. The largest absolute Gasteiger partial charge is 0.477 e. The molecule has 0 saturated heterocycles. The molecule has 1 aromatic carbocycles. The number of rotatable bonds is 7. The number of likely N-dealkylation sites (N-methyl/N-ethyl adjacent to an activating group) is 1. The van der Waals surface area contributed by atoms with Crippen molar-refractivity contribution >= 4 is 5.69 Å². The van der Waals surface area contributed by atoms with E-state index in [1.54, 1.807) is 6.07 Å². The average Bonchev–Trinajstić information content (AvgIpc) is 2.51. The molecule has 6 heteroatoms. The Labute approximate surface area is 130 Å². The zero-order valence-electron chi connectivity index (χ0n) is 13.2. The highest BCUT2D eigenvalue weighted by Gasteiger charge is 2.10. The van der Waals surface area contributed by atoms with Gasteiger partial charge in [-0.3, -0.25) is 4.79 Å². The average molecular weight is 302 g/mol. The Bertz CT molecular complexity index is 653. The molecule has 1 heterocycles. The van der Waals surface area contributed by atoms with Crippen LogP contribution in [0.15, 0.2) is 41.2 Å². The van der Waals surface area contributed by atoms with Gasteiger partial charge in [0, 0.05) is 19.2 Å². The van der Waals surface area contributed by atoms with Gasteiger partial charge in [-0.2, -0.15) is 4.68 Å². The number of hydrogen-bond acceptors (Lipinski definition) is 5. The maximum absolute atomic E-state index is 12.6. The fraction of sp³-hybridized carbons (Fsp3) is 0.375. The van der Waals surface area contributed by atoms with Crippen molar-refractivity contribution in [2.45, 2.75) is 6.92 Å². The molecule has 0 radical (unpaired) electrons. The normalized spacial score (nSPS) is 10.7. The first-order valence-electron chi connectivity index (χ1n) is 7.33. The third-order valence-corrected chi connectivity index (χ3v) is 3.06. The van der Waals surface area contributed by atoms with Crippen molar-refractivity contribution in [3.05, 3.63) is 46.8 Å². The lowest BCUT2D eigenvalue weighted by molar-refractivity contribution is 0.319. The molecule has 118 valence electrons. The minimum absolute atomic E-state index is 0.187. The molecule has 0 amide bonds. The molecule has 0 aliphatic heterocycles. The lowest BCUT2D eigenvalue weighted by atomic mass is 10.3. The van der Waals surface area contributed by atoms with E-state index in [9.17, 15) is 4.79 Å². The molecule has 0 atom stereocenters.